The summed E-state index contributed by atoms with van der Waals surface area (Å²) in [6.45, 7) is 0.309. The number of rotatable bonds is 6. The van der Waals surface area contributed by atoms with Crippen LogP contribution in [0.15, 0.2) is 79.3 Å². The molecule has 6 heteroatoms. The van der Waals surface area contributed by atoms with E-state index < -0.39 is 0 Å². The third kappa shape index (κ3) is 4.21. The summed E-state index contributed by atoms with van der Waals surface area (Å²) in [5.41, 5.74) is 3.82. The van der Waals surface area contributed by atoms with Crippen LogP contribution in [0.4, 0.5) is 0 Å². The van der Waals surface area contributed by atoms with Crippen LogP contribution in [0.2, 0.25) is 5.02 Å². The number of hydrogen-bond donors (Lipinski definition) is 1. The predicted molar refractivity (Wildman–Crippen MR) is 117 cm³/mol. The Morgan fingerprint density at radius 2 is 1.70 bits per heavy atom. The lowest BCUT2D eigenvalue weighted by atomic mass is 10.00. The molecule has 4 rings (SSSR count). The van der Waals surface area contributed by atoms with Crippen molar-refractivity contribution < 1.29 is 14.6 Å². The van der Waals surface area contributed by atoms with Gasteiger partial charge in [-0.1, -0.05) is 41.9 Å². The summed E-state index contributed by atoms with van der Waals surface area (Å²) in [6.07, 6.45) is 3.19. The van der Waals surface area contributed by atoms with Gasteiger partial charge in [-0.2, -0.15) is 0 Å². The molecule has 0 spiro atoms. The van der Waals surface area contributed by atoms with Gasteiger partial charge >= 0.3 is 0 Å². The number of aromatic nitrogens is 2. The number of phenolic OH excluding ortho intramolecular Hbond substituents is 1. The lowest BCUT2D eigenvalue weighted by Gasteiger charge is -2.12. The number of methoxy groups -OCH3 is 1. The SMILES string of the molecule is COc1ccc(-c2cncnc2-c2ccc(OCc3ccccc3Cl)cc2O)cc1. The van der Waals surface area contributed by atoms with Crippen molar-refractivity contribution in [1.82, 2.24) is 9.97 Å². The van der Waals surface area contributed by atoms with Crippen molar-refractivity contribution in [3.8, 4) is 39.6 Å². The van der Waals surface area contributed by atoms with Crippen LogP contribution >= 0.6 is 11.6 Å². The highest BCUT2D eigenvalue weighted by molar-refractivity contribution is 6.31. The highest BCUT2D eigenvalue weighted by Gasteiger charge is 2.14. The molecule has 0 aliphatic heterocycles. The normalized spacial score (nSPS) is 10.6. The van der Waals surface area contributed by atoms with E-state index >= 15 is 0 Å². The third-order valence-electron chi connectivity index (χ3n) is 4.69. The fourth-order valence-corrected chi connectivity index (χ4v) is 3.29. The fourth-order valence-electron chi connectivity index (χ4n) is 3.10. The van der Waals surface area contributed by atoms with Crippen LogP contribution in [0.25, 0.3) is 22.4 Å². The Morgan fingerprint density at radius 1 is 0.933 bits per heavy atom. The number of aromatic hydroxyl groups is 1. The van der Waals surface area contributed by atoms with Gasteiger partial charge < -0.3 is 14.6 Å². The van der Waals surface area contributed by atoms with Gasteiger partial charge in [0.1, 0.15) is 30.2 Å². The van der Waals surface area contributed by atoms with E-state index in [9.17, 15) is 5.11 Å². The van der Waals surface area contributed by atoms with E-state index in [1.807, 2.05) is 48.5 Å². The van der Waals surface area contributed by atoms with Gasteiger partial charge in [0.15, 0.2) is 0 Å². The van der Waals surface area contributed by atoms with Crippen molar-refractivity contribution in [3.05, 3.63) is 89.8 Å². The molecule has 0 aliphatic carbocycles. The van der Waals surface area contributed by atoms with Gasteiger partial charge in [-0.25, -0.2) is 9.97 Å². The summed E-state index contributed by atoms with van der Waals surface area (Å²) in [5.74, 6) is 1.37. The summed E-state index contributed by atoms with van der Waals surface area (Å²) < 4.78 is 11.0. The second-order valence-electron chi connectivity index (χ2n) is 6.57. The summed E-state index contributed by atoms with van der Waals surface area (Å²) in [7, 11) is 1.62. The van der Waals surface area contributed by atoms with Crippen LogP contribution < -0.4 is 9.47 Å². The maximum absolute atomic E-state index is 10.7. The lowest BCUT2D eigenvalue weighted by Crippen LogP contribution is -1.97. The zero-order valence-corrected chi connectivity index (χ0v) is 17.0. The zero-order valence-electron chi connectivity index (χ0n) is 16.2. The summed E-state index contributed by atoms with van der Waals surface area (Å²) in [6, 6.07) is 20.3. The Bertz CT molecular complexity index is 1160. The molecule has 0 bridgehead atoms. The summed E-state index contributed by atoms with van der Waals surface area (Å²) >= 11 is 6.17. The third-order valence-corrected chi connectivity index (χ3v) is 5.06. The summed E-state index contributed by atoms with van der Waals surface area (Å²) in [4.78, 5) is 8.55. The fraction of sp³-hybridized carbons (Fsp3) is 0.0833. The van der Waals surface area contributed by atoms with Gasteiger partial charge in [-0.05, 0) is 35.9 Å². The Balaban J connectivity index is 1.61. The lowest BCUT2D eigenvalue weighted by molar-refractivity contribution is 0.304. The number of halogens is 1. The minimum atomic E-state index is 0.0696. The van der Waals surface area contributed by atoms with E-state index in [4.69, 9.17) is 21.1 Å². The molecular weight excluding hydrogens is 400 g/mol. The second kappa shape index (κ2) is 8.84. The molecule has 0 aliphatic rings. The molecule has 0 unspecified atom stereocenters. The molecule has 3 aromatic carbocycles. The largest absolute Gasteiger partial charge is 0.507 e. The van der Waals surface area contributed by atoms with Crippen LogP contribution in [-0.2, 0) is 6.61 Å². The number of nitrogens with zero attached hydrogens (tertiary/aromatic N) is 2. The smallest absolute Gasteiger partial charge is 0.128 e. The quantitative estimate of drug-likeness (QED) is 0.431. The Morgan fingerprint density at radius 3 is 2.43 bits per heavy atom. The molecule has 0 atom stereocenters. The highest BCUT2D eigenvalue weighted by atomic mass is 35.5. The van der Waals surface area contributed by atoms with Crippen molar-refractivity contribution in [2.24, 2.45) is 0 Å². The van der Waals surface area contributed by atoms with Crippen molar-refractivity contribution >= 4 is 11.6 Å². The topological polar surface area (TPSA) is 64.5 Å². The minimum absolute atomic E-state index is 0.0696. The second-order valence-corrected chi connectivity index (χ2v) is 6.98. The van der Waals surface area contributed by atoms with E-state index in [-0.39, 0.29) is 5.75 Å². The minimum Gasteiger partial charge on any atom is -0.507 e. The standard InChI is InChI=1S/C24H19ClN2O3/c1-29-18-8-6-16(7-9-18)21-13-26-15-27-24(21)20-11-10-19(12-23(20)28)30-14-17-4-2-3-5-22(17)25/h2-13,15,28H,14H2,1H3. The van der Waals surface area contributed by atoms with Crippen LogP contribution in [0.1, 0.15) is 5.56 Å². The number of ether oxygens (including phenoxy) is 2. The Labute approximate surface area is 179 Å². The highest BCUT2D eigenvalue weighted by Crippen LogP contribution is 2.37. The molecule has 1 aromatic heterocycles. The van der Waals surface area contributed by atoms with Gasteiger partial charge in [-0.3, -0.25) is 0 Å². The van der Waals surface area contributed by atoms with Crippen molar-refractivity contribution in [1.29, 1.82) is 0 Å². The molecule has 30 heavy (non-hydrogen) atoms. The molecule has 0 saturated heterocycles. The number of benzene rings is 3. The molecule has 0 saturated carbocycles. The van der Waals surface area contributed by atoms with Crippen LogP contribution in [0.5, 0.6) is 17.2 Å². The first kappa shape index (κ1) is 19.7. The monoisotopic (exact) mass is 418 g/mol. The van der Waals surface area contributed by atoms with Gasteiger partial charge in [-0.15, -0.1) is 0 Å². The van der Waals surface area contributed by atoms with E-state index in [2.05, 4.69) is 9.97 Å². The maximum atomic E-state index is 10.7. The van der Waals surface area contributed by atoms with Gasteiger partial charge in [0.2, 0.25) is 0 Å². The average molecular weight is 419 g/mol. The van der Waals surface area contributed by atoms with E-state index in [1.165, 1.54) is 6.33 Å². The molecule has 4 aromatic rings. The summed E-state index contributed by atoms with van der Waals surface area (Å²) in [5, 5.41) is 11.3. The first-order valence-corrected chi connectivity index (χ1v) is 9.67. The van der Waals surface area contributed by atoms with E-state index in [0.717, 1.165) is 22.4 Å². The van der Waals surface area contributed by atoms with Crippen LogP contribution in [-0.4, -0.2) is 22.2 Å². The zero-order chi connectivity index (χ0) is 20.9. The van der Waals surface area contributed by atoms with Crippen molar-refractivity contribution in [3.63, 3.8) is 0 Å². The molecule has 150 valence electrons. The van der Waals surface area contributed by atoms with Crippen molar-refractivity contribution in [2.45, 2.75) is 6.61 Å². The van der Waals surface area contributed by atoms with Crippen molar-refractivity contribution in [2.75, 3.05) is 7.11 Å². The molecule has 5 nitrogen and oxygen atoms in total. The van der Waals surface area contributed by atoms with E-state index in [1.54, 1.807) is 31.5 Å². The first-order valence-electron chi connectivity index (χ1n) is 9.29. The Kier molecular flexibility index (Phi) is 5.82. The predicted octanol–water partition coefficient (Wildman–Crippen LogP) is 5.76. The van der Waals surface area contributed by atoms with Crippen LogP contribution in [0.3, 0.4) is 0 Å². The molecule has 1 N–H and O–H groups in total. The number of hydrogen-bond acceptors (Lipinski definition) is 5. The van der Waals surface area contributed by atoms with E-state index in [0.29, 0.717) is 28.6 Å². The Hall–Kier alpha value is -3.57. The average Bonchev–Trinajstić information content (AvgIpc) is 2.79. The molecule has 0 radical (unpaired) electrons. The molecule has 0 fully saturated rings. The maximum Gasteiger partial charge on any atom is 0.128 e. The first-order chi connectivity index (χ1) is 14.7. The number of phenols is 1. The van der Waals surface area contributed by atoms with Gasteiger partial charge in [0.25, 0.3) is 0 Å². The van der Waals surface area contributed by atoms with Gasteiger partial charge in [0, 0.05) is 34.0 Å². The van der Waals surface area contributed by atoms with Gasteiger partial charge in [0.05, 0.1) is 12.8 Å². The molecular formula is C24H19ClN2O3. The molecule has 1 heterocycles. The van der Waals surface area contributed by atoms with Crippen LogP contribution in [0, 0.1) is 0 Å². The molecule has 0 amide bonds.